The number of hydrogen-bond acceptors (Lipinski definition) is 3. The van der Waals surface area contributed by atoms with Crippen LogP contribution in [0.1, 0.15) is 12.5 Å². The van der Waals surface area contributed by atoms with E-state index in [9.17, 15) is 9.18 Å². The van der Waals surface area contributed by atoms with E-state index in [0.717, 1.165) is 4.90 Å². The monoisotopic (exact) mass is 417 g/mol. The van der Waals surface area contributed by atoms with Crippen molar-refractivity contribution in [2.24, 2.45) is 0 Å². The van der Waals surface area contributed by atoms with Gasteiger partial charge >= 0.3 is 0 Å². The maximum Gasteiger partial charge on any atom is 0.233 e. The molecule has 134 valence electrons. The number of carbonyl (C=O) groups is 1. The fraction of sp³-hybridized carbons (Fsp3) is 0.278. The van der Waals surface area contributed by atoms with Crippen LogP contribution in [-0.4, -0.2) is 23.5 Å². The number of amides is 1. The molecule has 0 radical (unpaired) electrons. The van der Waals surface area contributed by atoms with Gasteiger partial charge in [0.15, 0.2) is 0 Å². The van der Waals surface area contributed by atoms with Crippen LogP contribution >= 0.6 is 46.7 Å². The molecule has 0 saturated carbocycles. The van der Waals surface area contributed by atoms with E-state index < -0.39 is 0 Å². The number of benzene rings is 2. The highest BCUT2D eigenvalue weighted by Crippen LogP contribution is 2.25. The van der Waals surface area contributed by atoms with Crippen LogP contribution in [-0.2, 0) is 10.5 Å². The molecule has 2 rings (SSSR count). The van der Waals surface area contributed by atoms with E-state index in [4.69, 9.17) is 23.2 Å². The zero-order valence-corrected chi connectivity index (χ0v) is 16.7. The molecule has 0 aliphatic carbocycles. The first-order chi connectivity index (χ1) is 12.0. The Morgan fingerprint density at radius 1 is 1.20 bits per heavy atom. The molecule has 0 heterocycles. The van der Waals surface area contributed by atoms with Crippen LogP contribution in [0.4, 0.5) is 4.39 Å². The summed E-state index contributed by atoms with van der Waals surface area (Å²) in [5.74, 6) is 0.854. The van der Waals surface area contributed by atoms with Crippen LogP contribution in [0.15, 0.2) is 47.4 Å². The Morgan fingerprint density at radius 2 is 1.92 bits per heavy atom. The molecular weight excluding hydrogens is 400 g/mol. The molecule has 0 aliphatic rings. The molecule has 0 saturated heterocycles. The lowest BCUT2D eigenvalue weighted by molar-refractivity contribution is -0.120. The summed E-state index contributed by atoms with van der Waals surface area (Å²) in [6.07, 6.45) is 0. The van der Waals surface area contributed by atoms with Crippen molar-refractivity contribution in [1.82, 2.24) is 5.32 Å². The average molecular weight is 418 g/mol. The highest BCUT2D eigenvalue weighted by atomic mass is 35.5. The third-order valence-corrected chi connectivity index (χ3v) is 6.05. The van der Waals surface area contributed by atoms with E-state index in [1.165, 1.54) is 29.6 Å². The van der Waals surface area contributed by atoms with Gasteiger partial charge in [-0.3, -0.25) is 4.79 Å². The molecule has 0 unspecified atom stereocenters. The van der Waals surface area contributed by atoms with Crippen LogP contribution < -0.4 is 5.32 Å². The van der Waals surface area contributed by atoms with Gasteiger partial charge in [0.2, 0.25) is 5.91 Å². The van der Waals surface area contributed by atoms with E-state index in [-0.39, 0.29) is 17.0 Å². The van der Waals surface area contributed by atoms with E-state index in [1.807, 2.05) is 19.1 Å². The summed E-state index contributed by atoms with van der Waals surface area (Å²) < 4.78 is 13.6. The second kappa shape index (κ2) is 10.3. The minimum Gasteiger partial charge on any atom is -0.354 e. The van der Waals surface area contributed by atoms with Gasteiger partial charge in [-0.2, -0.15) is 11.8 Å². The van der Waals surface area contributed by atoms with Gasteiger partial charge in [-0.25, -0.2) is 4.39 Å². The van der Waals surface area contributed by atoms with E-state index in [1.54, 1.807) is 24.3 Å². The van der Waals surface area contributed by atoms with Crippen molar-refractivity contribution in [1.29, 1.82) is 0 Å². The number of thioether (sulfide) groups is 2. The zero-order valence-electron chi connectivity index (χ0n) is 13.6. The lowest BCUT2D eigenvalue weighted by atomic mass is 10.2. The molecule has 0 bridgehead atoms. The molecule has 1 atom stereocenters. The summed E-state index contributed by atoms with van der Waals surface area (Å²) in [6.45, 7) is 2.39. The summed E-state index contributed by atoms with van der Waals surface area (Å²) in [6, 6.07) is 12.1. The molecule has 0 aliphatic heterocycles. The summed E-state index contributed by atoms with van der Waals surface area (Å²) in [5.41, 5.74) is 0.507. The third-order valence-electron chi connectivity index (χ3n) is 3.35. The molecule has 0 spiro atoms. The smallest absolute Gasteiger partial charge is 0.233 e. The zero-order chi connectivity index (χ0) is 18.2. The first-order valence-electron chi connectivity index (χ1n) is 7.68. The van der Waals surface area contributed by atoms with Crippen molar-refractivity contribution >= 4 is 52.6 Å². The Hall–Kier alpha value is -0.880. The summed E-state index contributed by atoms with van der Waals surface area (Å²) in [7, 11) is 0. The fourth-order valence-corrected chi connectivity index (χ4v) is 4.22. The molecule has 7 heteroatoms. The number of nitrogens with one attached hydrogen (secondary N) is 1. The van der Waals surface area contributed by atoms with Crippen LogP contribution in [0.2, 0.25) is 10.0 Å². The van der Waals surface area contributed by atoms with Crippen LogP contribution in [0.5, 0.6) is 0 Å². The Labute approximate surface area is 165 Å². The molecular formula is C18H18Cl2FNOS2. The average Bonchev–Trinajstić information content (AvgIpc) is 2.58. The second-order valence-corrected chi connectivity index (χ2v) is 8.62. The van der Waals surface area contributed by atoms with Crippen molar-refractivity contribution in [2.45, 2.75) is 22.8 Å². The number of hydrogen-bond donors (Lipinski definition) is 1. The van der Waals surface area contributed by atoms with E-state index in [2.05, 4.69) is 5.32 Å². The Balaban J connectivity index is 1.68. The van der Waals surface area contributed by atoms with Crippen molar-refractivity contribution < 1.29 is 9.18 Å². The van der Waals surface area contributed by atoms with Crippen molar-refractivity contribution in [3.05, 3.63) is 63.9 Å². The van der Waals surface area contributed by atoms with Crippen LogP contribution in [0.25, 0.3) is 0 Å². The lowest BCUT2D eigenvalue weighted by Gasteiger charge is -2.12. The second-order valence-electron chi connectivity index (χ2n) is 5.26. The minimum absolute atomic E-state index is 0.0236. The lowest BCUT2D eigenvalue weighted by Crippen LogP contribution is -2.32. The first kappa shape index (κ1) is 20.4. The maximum absolute atomic E-state index is 13.6. The van der Waals surface area contributed by atoms with Crippen molar-refractivity contribution in [3.63, 3.8) is 0 Å². The van der Waals surface area contributed by atoms with Gasteiger partial charge in [-0.1, -0.05) is 29.3 Å². The molecule has 25 heavy (non-hydrogen) atoms. The number of carbonyl (C=O) groups excluding carboxylic acids is 1. The highest BCUT2D eigenvalue weighted by Gasteiger charge is 2.14. The predicted octanol–water partition coefficient (Wildman–Crippen LogP) is 5.66. The molecule has 2 aromatic rings. The van der Waals surface area contributed by atoms with Crippen molar-refractivity contribution in [3.8, 4) is 0 Å². The summed E-state index contributed by atoms with van der Waals surface area (Å²) in [5, 5.41) is 3.80. The van der Waals surface area contributed by atoms with Gasteiger partial charge in [-0.15, -0.1) is 11.8 Å². The quantitative estimate of drug-likeness (QED) is 0.443. The standard InChI is InChI=1S/C18H18Cl2FNOS2/c1-12(25-14-7-5-13(19)6-8-14)18(23)22-9-10-24-11-15-16(20)3-2-4-17(15)21/h2-8,12H,9-11H2,1H3,(H,22,23)/t12-/m1/s1. The van der Waals surface area contributed by atoms with Gasteiger partial charge in [0.1, 0.15) is 5.82 Å². The molecule has 1 amide bonds. The molecule has 2 nitrogen and oxygen atoms in total. The Kier molecular flexibility index (Phi) is 8.43. The van der Waals surface area contributed by atoms with Crippen LogP contribution in [0.3, 0.4) is 0 Å². The summed E-state index contributed by atoms with van der Waals surface area (Å²) in [4.78, 5) is 13.1. The molecule has 1 N–H and O–H groups in total. The Bertz CT molecular complexity index is 692. The number of rotatable bonds is 8. The number of halogens is 3. The van der Waals surface area contributed by atoms with Gasteiger partial charge in [0.05, 0.1) is 5.25 Å². The van der Waals surface area contributed by atoms with E-state index >= 15 is 0 Å². The van der Waals surface area contributed by atoms with Gasteiger partial charge in [0, 0.05) is 38.6 Å². The van der Waals surface area contributed by atoms with Crippen LogP contribution in [0, 0.1) is 5.82 Å². The maximum atomic E-state index is 13.6. The van der Waals surface area contributed by atoms with E-state index in [0.29, 0.717) is 33.7 Å². The Morgan fingerprint density at radius 3 is 2.60 bits per heavy atom. The molecule has 0 aromatic heterocycles. The predicted molar refractivity (Wildman–Crippen MR) is 107 cm³/mol. The summed E-state index contributed by atoms with van der Waals surface area (Å²) >= 11 is 14.9. The molecule has 2 aromatic carbocycles. The normalized spacial score (nSPS) is 12.0. The highest BCUT2D eigenvalue weighted by molar-refractivity contribution is 8.00. The largest absolute Gasteiger partial charge is 0.354 e. The first-order valence-corrected chi connectivity index (χ1v) is 10.5. The third kappa shape index (κ3) is 6.74. The van der Waals surface area contributed by atoms with Crippen molar-refractivity contribution in [2.75, 3.05) is 12.3 Å². The molecule has 0 fully saturated rings. The van der Waals surface area contributed by atoms with Gasteiger partial charge < -0.3 is 5.32 Å². The fourth-order valence-electron chi connectivity index (χ4n) is 2.01. The SMILES string of the molecule is C[C@@H](Sc1ccc(Cl)cc1)C(=O)NCCSCc1c(F)cccc1Cl. The minimum atomic E-state index is -0.294. The van der Waals surface area contributed by atoms with Gasteiger partial charge in [-0.05, 0) is 43.3 Å². The topological polar surface area (TPSA) is 29.1 Å². The van der Waals surface area contributed by atoms with Gasteiger partial charge in [0.25, 0.3) is 0 Å².